The van der Waals surface area contributed by atoms with E-state index < -0.39 is 0 Å². The molecule has 1 aliphatic carbocycles. The minimum Gasteiger partial charge on any atom is -0.490 e. The monoisotopic (exact) mass is 284 g/mol. The van der Waals surface area contributed by atoms with E-state index in [1.54, 1.807) is 0 Å². The van der Waals surface area contributed by atoms with Gasteiger partial charge in [0, 0.05) is 18.8 Å². The normalized spacial score (nSPS) is 21.0. The van der Waals surface area contributed by atoms with Gasteiger partial charge in [-0.25, -0.2) is 0 Å². The van der Waals surface area contributed by atoms with Crippen molar-refractivity contribution >= 4 is 11.3 Å². The van der Waals surface area contributed by atoms with Gasteiger partial charge in [0.25, 0.3) is 0 Å². The van der Waals surface area contributed by atoms with Crippen LogP contribution in [-0.4, -0.2) is 19.7 Å². The van der Waals surface area contributed by atoms with Gasteiger partial charge in [0.15, 0.2) is 0 Å². The average Bonchev–Trinajstić information content (AvgIpc) is 2.53. The molecule has 3 nitrogen and oxygen atoms in total. The number of anilines is 1. The summed E-state index contributed by atoms with van der Waals surface area (Å²) in [5.41, 5.74) is 5.13. The predicted molar refractivity (Wildman–Crippen MR) is 88.0 cm³/mol. The summed E-state index contributed by atoms with van der Waals surface area (Å²) < 4.78 is 5.79. The van der Waals surface area contributed by atoms with Crippen molar-refractivity contribution in [2.75, 3.05) is 25.0 Å². The van der Waals surface area contributed by atoms with Crippen LogP contribution in [0.1, 0.15) is 32.3 Å². The number of rotatable bonds is 4. The lowest BCUT2D eigenvalue weighted by atomic mass is 9.85. The number of benzene rings is 1. The summed E-state index contributed by atoms with van der Waals surface area (Å²) in [4.78, 5) is 0. The van der Waals surface area contributed by atoms with Crippen LogP contribution in [0, 0.1) is 5.92 Å². The smallest absolute Gasteiger partial charge is 0.138 e. The lowest BCUT2D eigenvalue weighted by Crippen LogP contribution is -2.29. The Morgan fingerprint density at radius 1 is 1.29 bits per heavy atom. The quantitative estimate of drug-likeness (QED) is 0.883. The van der Waals surface area contributed by atoms with E-state index in [9.17, 15) is 0 Å². The van der Waals surface area contributed by atoms with Gasteiger partial charge < -0.3 is 15.4 Å². The van der Waals surface area contributed by atoms with Gasteiger partial charge in [-0.1, -0.05) is 26.0 Å². The molecule has 21 heavy (non-hydrogen) atoms. The largest absolute Gasteiger partial charge is 0.490 e. The third-order valence-corrected chi connectivity index (χ3v) is 4.12. The van der Waals surface area contributed by atoms with Gasteiger partial charge in [-0.15, -0.1) is 0 Å². The molecule has 3 heteroatoms. The molecule has 0 saturated carbocycles. The van der Waals surface area contributed by atoms with Crippen LogP contribution in [0.3, 0.4) is 0 Å². The van der Waals surface area contributed by atoms with Crippen molar-refractivity contribution in [2.45, 2.75) is 26.7 Å². The van der Waals surface area contributed by atoms with E-state index in [1.165, 1.54) is 22.5 Å². The molecule has 0 saturated heterocycles. The maximum atomic E-state index is 5.79. The Morgan fingerprint density at radius 3 is 2.86 bits per heavy atom. The Bertz CT molecular complexity index is 557. The molecule has 3 rings (SSSR count). The summed E-state index contributed by atoms with van der Waals surface area (Å²) in [6.45, 7) is 7.17. The van der Waals surface area contributed by atoms with E-state index in [2.05, 4.69) is 54.8 Å². The van der Waals surface area contributed by atoms with Crippen molar-refractivity contribution in [3.05, 3.63) is 47.4 Å². The molecule has 1 unspecified atom stereocenters. The van der Waals surface area contributed by atoms with Gasteiger partial charge in [-0.3, -0.25) is 0 Å². The zero-order chi connectivity index (χ0) is 14.7. The number of allylic oxidation sites excluding steroid dienone is 3. The number of ether oxygens (including phenoxy) is 1. The fraction of sp³-hybridized carbons (Fsp3) is 0.444. The maximum absolute atomic E-state index is 5.79. The van der Waals surface area contributed by atoms with Crippen LogP contribution in [0.25, 0.3) is 5.57 Å². The van der Waals surface area contributed by atoms with E-state index in [4.69, 9.17) is 4.74 Å². The molecule has 112 valence electrons. The van der Waals surface area contributed by atoms with Gasteiger partial charge >= 0.3 is 0 Å². The van der Waals surface area contributed by atoms with Crippen LogP contribution >= 0.6 is 0 Å². The van der Waals surface area contributed by atoms with Crippen LogP contribution in [0.15, 0.2) is 41.8 Å². The standard InChI is InChI=1S/C18H24N2O/c1-3-8-19-15-6-4-14(5-7-15)16-12-18-17(11-13(16)2)20-9-10-21-18/h4-7,12-13,19-20H,3,8-11H2,1-2H3. The molecule has 0 spiro atoms. The topological polar surface area (TPSA) is 33.3 Å². The summed E-state index contributed by atoms with van der Waals surface area (Å²) in [5, 5.41) is 6.87. The average molecular weight is 284 g/mol. The molecule has 0 amide bonds. The van der Waals surface area contributed by atoms with E-state index in [0.717, 1.165) is 38.3 Å². The van der Waals surface area contributed by atoms with Crippen LogP contribution in [0.2, 0.25) is 0 Å². The number of hydrogen-bond acceptors (Lipinski definition) is 3. The van der Waals surface area contributed by atoms with Crippen LogP contribution < -0.4 is 10.6 Å². The lowest BCUT2D eigenvalue weighted by Gasteiger charge is -2.29. The molecule has 0 bridgehead atoms. The second-order valence-corrected chi connectivity index (χ2v) is 5.83. The molecule has 2 N–H and O–H groups in total. The van der Waals surface area contributed by atoms with Crippen molar-refractivity contribution in [2.24, 2.45) is 5.92 Å². The highest BCUT2D eigenvalue weighted by Gasteiger charge is 2.23. The second kappa shape index (κ2) is 6.25. The van der Waals surface area contributed by atoms with Gasteiger partial charge in [0.1, 0.15) is 12.4 Å². The Balaban J connectivity index is 1.82. The van der Waals surface area contributed by atoms with Crippen molar-refractivity contribution in [1.82, 2.24) is 5.32 Å². The van der Waals surface area contributed by atoms with Crippen molar-refractivity contribution in [3.8, 4) is 0 Å². The Hall–Kier alpha value is -1.90. The van der Waals surface area contributed by atoms with Gasteiger partial charge in [0.05, 0.1) is 5.70 Å². The van der Waals surface area contributed by atoms with E-state index in [0.29, 0.717) is 5.92 Å². The summed E-state index contributed by atoms with van der Waals surface area (Å²) in [6.07, 6.45) is 4.40. The minimum atomic E-state index is 0.521. The Labute approximate surface area is 127 Å². The molecule has 1 aromatic rings. The molecule has 1 heterocycles. The molecule has 0 aromatic heterocycles. The Kier molecular flexibility index (Phi) is 4.18. The molecule has 1 aliphatic heterocycles. The summed E-state index contributed by atoms with van der Waals surface area (Å²) in [7, 11) is 0. The molecule has 0 radical (unpaired) electrons. The lowest BCUT2D eigenvalue weighted by molar-refractivity contribution is 0.198. The highest BCUT2D eigenvalue weighted by molar-refractivity contribution is 5.72. The molecule has 1 atom stereocenters. The first kappa shape index (κ1) is 14.1. The number of hydrogen-bond donors (Lipinski definition) is 2. The minimum absolute atomic E-state index is 0.521. The first-order chi connectivity index (χ1) is 10.3. The highest BCUT2D eigenvalue weighted by Crippen LogP contribution is 2.35. The van der Waals surface area contributed by atoms with Crippen LogP contribution in [0.5, 0.6) is 0 Å². The van der Waals surface area contributed by atoms with Gasteiger partial charge in [-0.05, 0) is 48.1 Å². The van der Waals surface area contributed by atoms with Crippen molar-refractivity contribution < 1.29 is 4.74 Å². The van der Waals surface area contributed by atoms with Gasteiger partial charge in [0.2, 0.25) is 0 Å². The summed E-state index contributed by atoms with van der Waals surface area (Å²) >= 11 is 0. The first-order valence-corrected chi connectivity index (χ1v) is 7.93. The summed E-state index contributed by atoms with van der Waals surface area (Å²) in [6, 6.07) is 8.76. The van der Waals surface area contributed by atoms with E-state index in [1.807, 2.05) is 0 Å². The van der Waals surface area contributed by atoms with Crippen LogP contribution in [-0.2, 0) is 4.74 Å². The second-order valence-electron chi connectivity index (χ2n) is 5.83. The first-order valence-electron chi connectivity index (χ1n) is 7.93. The van der Waals surface area contributed by atoms with Gasteiger partial charge in [-0.2, -0.15) is 0 Å². The fourth-order valence-corrected chi connectivity index (χ4v) is 2.96. The molecule has 1 aromatic carbocycles. The van der Waals surface area contributed by atoms with Crippen LogP contribution in [0.4, 0.5) is 5.69 Å². The third kappa shape index (κ3) is 3.07. The summed E-state index contributed by atoms with van der Waals surface area (Å²) in [5.74, 6) is 1.55. The molecular weight excluding hydrogens is 260 g/mol. The maximum Gasteiger partial charge on any atom is 0.138 e. The molecule has 2 aliphatic rings. The molecular formula is C18H24N2O. The van der Waals surface area contributed by atoms with Crippen molar-refractivity contribution in [3.63, 3.8) is 0 Å². The fourth-order valence-electron chi connectivity index (χ4n) is 2.96. The SMILES string of the molecule is CCCNc1ccc(C2=CC3=C(CC2C)NCCO3)cc1. The van der Waals surface area contributed by atoms with E-state index in [-0.39, 0.29) is 0 Å². The number of nitrogens with one attached hydrogen (secondary N) is 2. The van der Waals surface area contributed by atoms with Crippen molar-refractivity contribution in [1.29, 1.82) is 0 Å². The Morgan fingerprint density at radius 2 is 2.10 bits per heavy atom. The highest BCUT2D eigenvalue weighted by atomic mass is 16.5. The third-order valence-electron chi connectivity index (χ3n) is 4.12. The van der Waals surface area contributed by atoms with E-state index >= 15 is 0 Å². The predicted octanol–water partition coefficient (Wildman–Crippen LogP) is 3.76. The molecule has 0 fully saturated rings. The zero-order valence-electron chi connectivity index (χ0n) is 12.9. The zero-order valence-corrected chi connectivity index (χ0v) is 12.9.